The number of aromatic nitrogens is 1. The second-order valence-corrected chi connectivity index (χ2v) is 5.05. The molecule has 1 amide bonds. The molecule has 2 heterocycles. The van der Waals surface area contributed by atoms with Gasteiger partial charge in [-0.2, -0.15) is 0 Å². The van der Waals surface area contributed by atoms with Crippen molar-refractivity contribution in [1.82, 2.24) is 9.47 Å². The number of carbonyl (C=O) groups is 1. The van der Waals surface area contributed by atoms with Crippen molar-refractivity contribution >= 4 is 5.91 Å². The minimum absolute atomic E-state index is 0.122. The normalized spacial score (nSPS) is 16.8. The summed E-state index contributed by atoms with van der Waals surface area (Å²) in [5.41, 5.74) is 6.43. The lowest BCUT2D eigenvalue weighted by atomic mass is 9.97. The summed E-state index contributed by atoms with van der Waals surface area (Å²) >= 11 is 0. The van der Waals surface area contributed by atoms with Gasteiger partial charge in [0.2, 0.25) is 0 Å². The Morgan fingerprint density at radius 2 is 2.21 bits per heavy atom. The van der Waals surface area contributed by atoms with Crippen LogP contribution in [-0.2, 0) is 11.3 Å². The fraction of sp³-hybridized carbons (Fsp3) is 0.643. The molecule has 5 heteroatoms. The average Bonchev–Trinajstić information content (AvgIpc) is 2.92. The predicted octanol–water partition coefficient (Wildman–Crippen LogP) is 0.945. The van der Waals surface area contributed by atoms with Crippen LogP contribution >= 0.6 is 0 Å². The van der Waals surface area contributed by atoms with Gasteiger partial charge in [0.1, 0.15) is 5.69 Å². The number of likely N-dealkylation sites (tertiary alicyclic amines) is 1. The molecule has 0 bridgehead atoms. The number of ether oxygens (including phenoxy) is 1. The fourth-order valence-corrected chi connectivity index (χ4v) is 2.53. The molecule has 0 radical (unpaired) electrons. The van der Waals surface area contributed by atoms with Crippen LogP contribution < -0.4 is 5.73 Å². The van der Waals surface area contributed by atoms with Crippen LogP contribution in [0.5, 0.6) is 0 Å². The summed E-state index contributed by atoms with van der Waals surface area (Å²) in [5, 5.41) is 0. The smallest absolute Gasteiger partial charge is 0.270 e. The Balaban J connectivity index is 1.98. The van der Waals surface area contributed by atoms with Gasteiger partial charge >= 0.3 is 0 Å². The maximum absolute atomic E-state index is 12.5. The van der Waals surface area contributed by atoms with E-state index >= 15 is 0 Å². The number of hydrogen-bond acceptors (Lipinski definition) is 3. The number of amides is 1. The highest BCUT2D eigenvalue weighted by molar-refractivity contribution is 5.92. The molecular formula is C14H23N3O2. The van der Waals surface area contributed by atoms with Gasteiger partial charge in [-0.25, -0.2) is 0 Å². The highest BCUT2D eigenvalue weighted by Crippen LogP contribution is 2.18. The molecular weight excluding hydrogens is 242 g/mol. The van der Waals surface area contributed by atoms with Crippen LogP contribution in [0.4, 0.5) is 0 Å². The van der Waals surface area contributed by atoms with Gasteiger partial charge in [0.15, 0.2) is 0 Å². The van der Waals surface area contributed by atoms with Crippen molar-refractivity contribution in [2.45, 2.75) is 19.4 Å². The summed E-state index contributed by atoms with van der Waals surface area (Å²) in [6.45, 7) is 3.69. The Bertz CT molecular complexity index is 409. The average molecular weight is 265 g/mol. The molecule has 1 aromatic heterocycles. The molecule has 0 aliphatic carbocycles. The largest absolute Gasteiger partial charge is 0.383 e. The molecule has 0 unspecified atom stereocenters. The van der Waals surface area contributed by atoms with Crippen LogP contribution in [0.25, 0.3) is 0 Å². The van der Waals surface area contributed by atoms with Gasteiger partial charge in [-0.3, -0.25) is 4.79 Å². The lowest BCUT2D eigenvalue weighted by Crippen LogP contribution is -2.40. The van der Waals surface area contributed by atoms with Crippen LogP contribution in [0.3, 0.4) is 0 Å². The number of nitrogens with zero attached hydrogens (tertiary/aromatic N) is 2. The molecule has 2 N–H and O–H groups in total. The number of hydrogen-bond donors (Lipinski definition) is 1. The Morgan fingerprint density at radius 3 is 2.84 bits per heavy atom. The summed E-state index contributed by atoms with van der Waals surface area (Å²) in [5.74, 6) is 0.695. The maximum atomic E-state index is 12.5. The molecule has 1 aromatic rings. The molecule has 0 aromatic carbocycles. The van der Waals surface area contributed by atoms with E-state index in [0.717, 1.165) is 38.2 Å². The lowest BCUT2D eigenvalue weighted by Gasteiger charge is -2.31. The number of rotatable bonds is 5. The molecule has 2 rings (SSSR count). The first-order valence-corrected chi connectivity index (χ1v) is 6.89. The van der Waals surface area contributed by atoms with E-state index < -0.39 is 0 Å². The second-order valence-electron chi connectivity index (χ2n) is 5.05. The van der Waals surface area contributed by atoms with E-state index in [-0.39, 0.29) is 5.91 Å². The Hall–Kier alpha value is -1.33. The molecule has 1 aliphatic heterocycles. The quantitative estimate of drug-likeness (QED) is 0.862. The summed E-state index contributed by atoms with van der Waals surface area (Å²) in [7, 11) is 1.67. The van der Waals surface area contributed by atoms with Crippen molar-refractivity contribution in [2.24, 2.45) is 11.7 Å². The third kappa shape index (κ3) is 3.36. The molecule has 5 nitrogen and oxygen atoms in total. The summed E-state index contributed by atoms with van der Waals surface area (Å²) < 4.78 is 7.02. The number of nitrogens with two attached hydrogens (primary N) is 1. The first-order chi connectivity index (χ1) is 9.26. The number of carbonyl (C=O) groups excluding carboxylic acids is 1. The van der Waals surface area contributed by atoms with Gasteiger partial charge in [-0.05, 0) is 37.4 Å². The van der Waals surface area contributed by atoms with Crippen LogP contribution in [0.2, 0.25) is 0 Å². The zero-order valence-corrected chi connectivity index (χ0v) is 11.5. The van der Waals surface area contributed by atoms with Crippen LogP contribution in [-0.4, -0.2) is 48.7 Å². The van der Waals surface area contributed by atoms with Crippen molar-refractivity contribution in [1.29, 1.82) is 0 Å². The van der Waals surface area contributed by atoms with Crippen molar-refractivity contribution in [3.05, 3.63) is 24.0 Å². The molecule has 1 saturated heterocycles. The topological polar surface area (TPSA) is 60.5 Å². The van der Waals surface area contributed by atoms with Crippen molar-refractivity contribution in [2.75, 3.05) is 33.4 Å². The molecule has 19 heavy (non-hydrogen) atoms. The van der Waals surface area contributed by atoms with Crippen molar-refractivity contribution in [3.63, 3.8) is 0 Å². The monoisotopic (exact) mass is 265 g/mol. The number of piperidine rings is 1. The minimum Gasteiger partial charge on any atom is -0.383 e. The van der Waals surface area contributed by atoms with E-state index in [1.165, 1.54) is 0 Å². The summed E-state index contributed by atoms with van der Waals surface area (Å²) in [6, 6.07) is 3.79. The second kappa shape index (κ2) is 6.73. The molecule has 0 spiro atoms. The lowest BCUT2D eigenvalue weighted by molar-refractivity contribution is 0.0680. The highest BCUT2D eigenvalue weighted by Gasteiger charge is 2.24. The van der Waals surface area contributed by atoms with Gasteiger partial charge in [-0.1, -0.05) is 0 Å². The van der Waals surface area contributed by atoms with Gasteiger partial charge in [-0.15, -0.1) is 0 Å². The predicted molar refractivity (Wildman–Crippen MR) is 74.0 cm³/mol. The first-order valence-electron chi connectivity index (χ1n) is 6.89. The van der Waals surface area contributed by atoms with Crippen molar-refractivity contribution in [3.8, 4) is 0 Å². The third-order valence-corrected chi connectivity index (χ3v) is 3.82. The van der Waals surface area contributed by atoms with Crippen LogP contribution in [0, 0.1) is 5.92 Å². The first kappa shape index (κ1) is 14.1. The van der Waals surface area contributed by atoms with E-state index in [1.807, 2.05) is 27.8 Å². The van der Waals surface area contributed by atoms with Crippen LogP contribution in [0.1, 0.15) is 23.3 Å². The van der Waals surface area contributed by atoms with Gasteiger partial charge in [0, 0.05) is 32.9 Å². The van der Waals surface area contributed by atoms with Gasteiger partial charge < -0.3 is 19.9 Å². The molecule has 1 aliphatic rings. The molecule has 1 fully saturated rings. The minimum atomic E-state index is 0.122. The van der Waals surface area contributed by atoms with Crippen molar-refractivity contribution < 1.29 is 9.53 Å². The summed E-state index contributed by atoms with van der Waals surface area (Å²) in [6.07, 6.45) is 3.96. The van der Waals surface area contributed by atoms with E-state index in [9.17, 15) is 4.79 Å². The summed E-state index contributed by atoms with van der Waals surface area (Å²) in [4.78, 5) is 14.4. The fourth-order valence-electron chi connectivity index (χ4n) is 2.53. The third-order valence-electron chi connectivity index (χ3n) is 3.82. The Kier molecular flexibility index (Phi) is 4.99. The van der Waals surface area contributed by atoms with E-state index in [2.05, 4.69) is 0 Å². The molecule has 0 atom stereocenters. The maximum Gasteiger partial charge on any atom is 0.270 e. The zero-order chi connectivity index (χ0) is 13.7. The molecule has 106 valence electrons. The number of methoxy groups -OCH3 is 1. The van der Waals surface area contributed by atoms with E-state index in [1.54, 1.807) is 7.11 Å². The van der Waals surface area contributed by atoms with E-state index in [4.69, 9.17) is 10.5 Å². The van der Waals surface area contributed by atoms with Gasteiger partial charge in [0.25, 0.3) is 5.91 Å². The SMILES string of the molecule is COCCn1cccc1C(=O)N1CCC(CN)CC1. The van der Waals surface area contributed by atoms with Gasteiger partial charge in [0.05, 0.1) is 6.61 Å². The zero-order valence-electron chi connectivity index (χ0n) is 11.5. The highest BCUT2D eigenvalue weighted by atomic mass is 16.5. The standard InChI is InChI=1S/C14H23N3O2/c1-19-10-9-16-6-2-3-13(16)14(18)17-7-4-12(11-15)5-8-17/h2-3,6,12H,4-5,7-11,15H2,1H3. The Labute approximate surface area is 114 Å². The molecule has 0 saturated carbocycles. The van der Waals surface area contributed by atoms with E-state index in [0.29, 0.717) is 19.1 Å². The van der Waals surface area contributed by atoms with Crippen LogP contribution in [0.15, 0.2) is 18.3 Å². The Morgan fingerprint density at radius 1 is 1.47 bits per heavy atom.